The molecule has 0 amide bonds. The summed E-state index contributed by atoms with van der Waals surface area (Å²) >= 11 is 19.5. The van der Waals surface area contributed by atoms with Crippen LogP contribution in [-0.4, -0.2) is 11.7 Å². The molecule has 0 aliphatic heterocycles. The van der Waals surface area contributed by atoms with Gasteiger partial charge in [-0.05, 0) is 29.8 Å². The van der Waals surface area contributed by atoms with E-state index in [1.165, 1.54) is 11.3 Å². The quantitative estimate of drug-likeness (QED) is 0.864. The summed E-state index contributed by atoms with van der Waals surface area (Å²) in [6, 6.07) is 8.76. The zero-order valence-electron chi connectivity index (χ0n) is 9.82. The van der Waals surface area contributed by atoms with Gasteiger partial charge in [-0.1, -0.05) is 40.9 Å². The van der Waals surface area contributed by atoms with Crippen LogP contribution in [0, 0.1) is 0 Å². The molecule has 0 aliphatic rings. The first-order valence-corrected chi connectivity index (χ1v) is 7.57. The Balaban J connectivity index is 2.39. The van der Waals surface area contributed by atoms with E-state index < -0.39 is 6.10 Å². The Kier molecular flexibility index (Phi) is 5.12. The van der Waals surface area contributed by atoms with Crippen molar-refractivity contribution in [1.29, 1.82) is 0 Å². The summed E-state index contributed by atoms with van der Waals surface area (Å²) in [5.41, 5.74) is 6.45. The highest BCUT2D eigenvalue weighted by atomic mass is 35.5. The summed E-state index contributed by atoms with van der Waals surface area (Å²) in [5.74, 6) is -0.365. The molecule has 2 unspecified atom stereocenters. The van der Waals surface area contributed by atoms with Gasteiger partial charge in [0.25, 0.3) is 0 Å². The summed E-state index contributed by atoms with van der Waals surface area (Å²) in [6.45, 7) is 0.236. The number of nitrogens with two attached hydrogens (primary N) is 1. The molecule has 3 N–H and O–H groups in total. The fraction of sp³-hybridized carbons (Fsp3) is 0.231. The van der Waals surface area contributed by atoms with Crippen LogP contribution in [0.5, 0.6) is 0 Å². The maximum Gasteiger partial charge on any atom is 0.0963 e. The Morgan fingerprint density at radius 2 is 1.74 bits per heavy atom. The molecule has 0 fully saturated rings. The Morgan fingerprint density at radius 1 is 1.11 bits per heavy atom. The highest BCUT2D eigenvalue weighted by Gasteiger charge is 2.26. The van der Waals surface area contributed by atoms with Crippen LogP contribution in [0.3, 0.4) is 0 Å². The number of hydrogen-bond acceptors (Lipinski definition) is 3. The Bertz CT molecular complexity index is 553. The lowest BCUT2D eigenvalue weighted by Gasteiger charge is -2.23. The van der Waals surface area contributed by atoms with E-state index >= 15 is 0 Å². The van der Waals surface area contributed by atoms with Crippen molar-refractivity contribution in [3.8, 4) is 0 Å². The Hall–Kier alpha value is -0.290. The number of benzene rings is 1. The fourth-order valence-corrected chi connectivity index (χ4v) is 3.75. The molecule has 2 atom stereocenters. The second-order valence-corrected chi connectivity index (χ2v) is 6.63. The van der Waals surface area contributed by atoms with E-state index in [4.69, 9.17) is 40.5 Å². The van der Waals surface area contributed by atoms with Crippen LogP contribution in [0.1, 0.15) is 22.5 Å². The van der Waals surface area contributed by atoms with Crippen LogP contribution in [0.4, 0.5) is 0 Å². The normalized spacial score (nSPS) is 14.4. The van der Waals surface area contributed by atoms with Gasteiger partial charge in [0.05, 0.1) is 10.4 Å². The second kappa shape index (κ2) is 6.44. The molecule has 2 aromatic rings. The van der Waals surface area contributed by atoms with Crippen molar-refractivity contribution in [3.63, 3.8) is 0 Å². The molecule has 2 rings (SSSR count). The Morgan fingerprint density at radius 3 is 2.21 bits per heavy atom. The van der Waals surface area contributed by atoms with Gasteiger partial charge in [0, 0.05) is 27.4 Å². The number of hydrogen-bond donors (Lipinski definition) is 2. The molecule has 0 radical (unpaired) electrons. The van der Waals surface area contributed by atoms with Gasteiger partial charge in [-0.2, -0.15) is 0 Å². The van der Waals surface area contributed by atoms with Crippen molar-refractivity contribution in [1.82, 2.24) is 0 Å². The van der Waals surface area contributed by atoms with Crippen LogP contribution >= 0.6 is 46.1 Å². The van der Waals surface area contributed by atoms with Crippen LogP contribution in [0.25, 0.3) is 0 Å². The summed E-state index contributed by atoms with van der Waals surface area (Å²) in [7, 11) is 0. The van der Waals surface area contributed by atoms with E-state index in [9.17, 15) is 5.11 Å². The summed E-state index contributed by atoms with van der Waals surface area (Å²) in [6.07, 6.45) is -0.778. The molecule has 102 valence electrons. The van der Waals surface area contributed by atoms with E-state index in [2.05, 4.69) is 0 Å². The van der Waals surface area contributed by atoms with Gasteiger partial charge in [-0.25, -0.2) is 0 Å². The summed E-state index contributed by atoms with van der Waals surface area (Å²) < 4.78 is 0.620. The average molecular weight is 337 g/mol. The molecule has 0 bridgehead atoms. The van der Waals surface area contributed by atoms with Crippen LogP contribution < -0.4 is 5.73 Å². The number of halogens is 3. The lowest BCUT2D eigenvalue weighted by molar-refractivity contribution is 0.151. The number of aliphatic hydroxyl groups is 1. The monoisotopic (exact) mass is 335 g/mol. The second-order valence-electron chi connectivity index (χ2n) is 4.06. The zero-order chi connectivity index (χ0) is 14.0. The third kappa shape index (κ3) is 3.24. The van der Waals surface area contributed by atoms with Gasteiger partial charge in [0.1, 0.15) is 0 Å². The zero-order valence-corrected chi connectivity index (χ0v) is 12.9. The van der Waals surface area contributed by atoms with E-state index in [1.807, 2.05) is 0 Å². The third-order valence-corrected chi connectivity index (χ3v) is 4.85. The van der Waals surface area contributed by atoms with Gasteiger partial charge in [-0.15, -0.1) is 11.3 Å². The minimum absolute atomic E-state index is 0.236. The van der Waals surface area contributed by atoms with Crippen LogP contribution in [-0.2, 0) is 0 Å². The number of thiophene rings is 1. The lowest BCUT2D eigenvalue weighted by Crippen LogP contribution is -2.20. The van der Waals surface area contributed by atoms with Gasteiger partial charge in [0.2, 0.25) is 0 Å². The molecule has 0 spiro atoms. The molecular weight excluding hydrogens is 325 g/mol. The molecule has 1 heterocycles. The van der Waals surface area contributed by atoms with Gasteiger partial charge in [0.15, 0.2) is 0 Å². The average Bonchev–Trinajstić information content (AvgIpc) is 2.80. The molecule has 19 heavy (non-hydrogen) atoms. The highest BCUT2D eigenvalue weighted by Crippen LogP contribution is 2.40. The van der Waals surface area contributed by atoms with E-state index in [0.717, 1.165) is 4.88 Å². The molecule has 1 aromatic heterocycles. The van der Waals surface area contributed by atoms with Gasteiger partial charge in [-0.3, -0.25) is 0 Å². The largest absolute Gasteiger partial charge is 0.387 e. The van der Waals surface area contributed by atoms with Crippen LogP contribution in [0.15, 0.2) is 30.3 Å². The maximum absolute atomic E-state index is 10.5. The van der Waals surface area contributed by atoms with E-state index in [0.29, 0.717) is 19.9 Å². The van der Waals surface area contributed by atoms with Gasteiger partial charge >= 0.3 is 0 Å². The first kappa shape index (κ1) is 15.1. The molecule has 0 saturated heterocycles. The van der Waals surface area contributed by atoms with E-state index in [-0.39, 0.29) is 12.5 Å². The SMILES string of the molecule is NCC(c1c(Cl)cccc1Cl)C(O)c1ccc(Cl)s1. The highest BCUT2D eigenvalue weighted by molar-refractivity contribution is 7.16. The molecule has 6 heteroatoms. The molecular formula is C13H12Cl3NOS. The predicted octanol–water partition coefficient (Wildman–Crippen LogP) is 4.48. The first-order valence-electron chi connectivity index (χ1n) is 5.62. The van der Waals surface area contributed by atoms with Crippen molar-refractivity contribution in [2.24, 2.45) is 5.73 Å². The van der Waals surface area contributed by atoms with Crippen molar-refractivity contribution in [2.45, 2.75) is 12.0 Å². The third-order valence-electron chi connectivity index (χ3n) is 2.89. The summed E-state index contributed by atoms with van der Waals surface area (Å²) in [5, 5.41) is 11.5. The van der Waals surface area contributed by atoms with Gasteiger partial charge < -0.3 is 10.8 Å². The minimum Gasteiger partial charge on any atom is -0.387 e. The smallest absolute Gasteiger partial charge is 0.0963 e. The minimum atomic E-state index is -0.778. The maximum atomic E-state index is 10.5. The molecule has 0 aliphatic carbocycles. The fourth-order valence-electron chi connectivity index (χ4n) is 1.96. The standard InChI is InChI=1S/C13H12Cl3NOS/c14-8-2-1-3-9(15)12(8)7(6-17)13(18)10-4-5-11(16)19-10/h1-5,7,13,18H,6,17H2. The number of aliphatic hydroxyl groups excluding tert-OH is 1. The van der Waals surface area contributed by atoms with Crippen molar-refractivity contribution in [3.05, 3.63) is 55.2 Å². The van der Waals surface area contributed by atoms with E-state index in [1.54, 1.807) is 30.3 Å². The van der Waals surface area contributed by atoms with Crippen molar-refractivity contribution >= 4 is 46.1 Å². The van der Waals surface area contributed by atoms with Crippen LogP contribution in [0.2, 0.25) is 14.4 Å². The molecule has 1 aromatic carbocycles. The topological polar surface area (TPSA) is 46.2 Å². The molecule has 2 nitrogen and oxygen atoms in total. The first-order chi connectivity index (χ1) is 9.04. The molecule has 0 saturated carbocycles. The summed E-state index contributed by atoms with van der Waals surface area (Å²) in [4.78, 5) is 0.747. The Labute approximate surface area is 130 Å². The lowest BCUT2D eigenvalue weighted by atomic mass is 9.92. The van der Waals surface area contributed by atoms with Crippen molar-refractivity contribution < 1.29 is 5.11 Å². The number of rotatable bonds is 4. The predicted molar refractivity (Wildman–Crippen MR) is 82.5 cm³/mol. The van der Waals surface area contributed by atoms with Crippen molar-refractivity contribution in [2.75, 3.05) is 6.54 Å².